The summed E-state index contributed by atoms with van der Waals surface area (Å²) in [7, 11) is 0. The zero-order valence-corrected chi connectivity index (χ0v) is 12.2. The molecule has 2 N–H and O–H groups in total. The molecule has 0 aliphatic rings. The van der Waals surface area contributed by atoms with Crippen LogP contribution in [0.15, 0.2) is 36.7 Å². The number of benzene rings is 1. The fraction of sp³-hybridized carbons (Fsp3) is 0.438. The monoisotopic (exact) mass is 273 g/mol. The molecule has 0 saturated carbocycles. The van der Waals surface area contributed by atoms with Crippen molar-refractivity contribution >= 4 is 0 Å². The Morgan fingerprint density at radius 1 is 1.30 bits per heavy atom. The fourth-order valence-electron chi connectivity index (χ4n) is 2.26. The molecule has 1 aromatic carbocycles. The van der Waals surface area contributed by atoms with E-state index in [9.17, 15) is 0 Å². The van der Waals surface area contributed by atoms with Gasteiger partial charge in [-0.2, -0.15) is 5.10 Å². The molecule has 0 aliphatic carbocycles. The second-order valence-corrected chi connectivity index (χ2v) is 5.09. The average Bonchev–Trinajstić information content (AvgIpc) is 2.89. The fourth-order valence-corrected chi connectivity index (χ4v) is 2.26. The molecule has 2 aromatic rings. The SMILES string of the molecule is CCC(NCc1cnn(CCO)c1)c1ccc(C)cc1. The average molecular weight is 273 g/mol. The minimum Gasteiger partial charge on any atom is -0.394 e. The molecule has 0 aliphatic heterocycles. The van der Waals surface area contributed by atoms with E-state index in [2.05, 4.69) is 48.5 Å². The van der Waals surface area contributed by atoms with Crippen LogP contribution in [0.5, 0.6) is 0 Å². The van der Waals surface area contributed by atoms with Gasteiger partial charge >= 0.3 is 0 Å². The normalized spacial score (nSPS) is 12.6. The molecule has 1 unspecified atom stereocenters. The first-order chi connectivity index (χ1) is 9.72. The van der Waals surface area contributed by atoms with E-state index in [1.54, 1.807) is 4.68 Å². The van der Waals surface area contributed by atoms with Crippen molar-refractivity contribution in [3.63, 3.8) is 0 Å². The summed E-state index contributed by atoms with van der Waals surface area (Å²) in [6.45, 7) is 5.75. The summed E-state index contributed by atoms with van der Waals surface area (Å²) < 4.78 is 1.77. The summed E-state index contributed by atoms with van der Waals surface area (Å²) in [6, 6.07) is 9.03. The van der Waals surface area contributed by atoms with Crippen molar-refractivity contribution < 1.29 is 5.11 Å². The Hall–Kier alpha value is -1.65. The molecule has 108 valence electrons. The third kappa shape index (κ3) is 3.92. The van der Waals surface area contributed by atoms with Gasteiger partial charge in [-0.05, 0) is 18.9 Å². The standard InChI is InChI=1S/C16H23N3O/c1-3-16(15-6-4-13(2)5-7-15)17-10-14-11-18-19(12-14)8-9-20/h4-7,11-12,16-17,20H,3,8-10H2,1-2H3. The number of hydrogen-bond donors (Lipinski definition) is 2. The predicted octanol–water partition coefficient (Wildman–Crippen LogP) is 2.42. The van der Waals surface area contributed by atoms with Crippen molar-refractivity contribution in [2.24, 2.45) is 0 Å². The third-order valence-electron chi connectivity index (χ3n) is 3.46. The van der Waals surface area contributed by atoms with Gasteiger partial charge in [0.25, 0.3) is 0 Å². The molecule has 0 fully saturated rings. The van der Waals surface area contributed by atoms with Gasteiger partial charge in [0.05, 0.1) is 19.3 Å². The first kappa shape index (κ1) is 14.8. The van der Waals surface area contributed by atoms with Crippen LogP contribution in [0.3, 0.4) is 0 Å². The van der Waals surface area contributed by atoms with Crippen molar-refractivity contribution in [3.05, 3.63) is 53.3 Å². The number of hydrogen-bond acceptors (Lipinski definition) is 3. The maximum Gasteiger partial charge on any atom is 0.0640 e. The molecule has 1 atom stereocenters. The Bertz CT molecular complexity index is 519. The molecule has 1 aromatic heterocycles. The highest BCUT2D eigenvalue weighted by atomic mass is 16.3. The van der Waals surface area contributed by atoms with Gasteiger partial charge in [-0.15, -0.1) is 0 Å². The van der Waals surface area contributed by atoms with E-state index >= 15 is 0 Å². The Balaban J connectivity index is 1.94. The van der Waals surface area contributed by atoms with Crippen molar-refractivity contribution in [1.29, 1.82) is 0 Å². The molecule has 0 bridgehead atoms. The summed E-state index contributed by atoms with van der Waals surface area (Å²) in [4.78, 5) is 0. The van der Waals surface area contributed by atoms with Gasteiger partial charge in [0.15, 0.2) is 0 Å². The highest BCUT2D eigenvalue weighted by Crippen LogP contribution is 2.17. The third-order valence-corrected chi connectivity index (χ3v) is 3.46. The molecule has 0 amide bonds. The van der Waals surface area contributed by atoms with E-state index in [0.717, 1.165) is 18.5 Å². The van der Waals surface area contributed by atoms with Crippen LogP contribution in [0.1, 0.15) is 36.1 Å². The van der Waals surface area contributed by atoms with Crippen LogP contribution in [0.2, 0.25) is 0 Å². The van der Waals surface area contributed by atoms with E-state index in [1.165, 1.54) is 11.1 Å². The lowest BCUT2D eigenvalue weighted by atomic mass is 10.0. The van der Waals surface area contributed by atoms with E-state index in [-0.39, 0.29) is 6.61 Å². The molecule has 4 nitrogen and oxygen atoms in total. The first-order valence-electron chi connectivity index (χ1n) is 7.15. The first-order valence-corrected chi connectivity index (χ1v) is 7.15. The maximum absolute atomic E-state index is 8.88. The molecule has 4 heteroatoms. The van der Waals surface area contributed by atoms with Gasteiger partial charge in [-0.1, -0.05) is 36.8 Å². The maximum atomic E-state index is 8.88. The van der Waals surface area contributed by atoms with Gasteiger partial charge in [-0.3, -0.25) is 4.68 Å². The van der Waals surface area contributed by atoms with Crippen LogP contribution in [0.4, 0.5) is 0 Å². The van der Waals surface area contributed by atoms with Crippen LogP contribution in [-0.2, 0) is 13.1 Å². The number of nitrogens with zero attached hydrogens (tertiary/aromatic N) is 2. The van der Waals surface area contributed by atoms with E-state index in [0.29, 0.717) is 12.6 Å². The van der Waals surface area contributed by atoms with Gasteiger partial charge in [-0.25, -0.2) is 0 Å². The smallest absolute Gasteiger partial charge is 0.0640 e. The zero-order valence-electron chi connectivity index (χ0n) is 12.2. The van der Waals surface area contributed by atoms with Crippen molar-refractivity contribution in [1.82, 2.24) is 15.1 Å². The van der Waals surface area contributed by atoms with Crippen LogP contribution in [-0.4, -0.2) is 21.5 Å². The minimum absolute atomic E-state index is 0.121. The highest BCUT2D eigenvalue weighted by Gasteiger charge is 2.09. The van der Waals surface area contributed by atoms with E-state index in [1.807, 2.05) is 12.4 Å². The van der Waals surface area contributed by atoms with Crippen LogP contribution >= 0.6 is 0 Å². The van der Waals surface area contributed by atoms with Crippen molar-refractivity contribution in [2.45, 2.75) is 39.4 Å². The summed E-state index contributed by atoms with van der Waals surface area (Å²) >= 11 is 0. The molecular weight excluding hydrogens is 250 g/mol. The second kappa shape index (κ2) is 7.22. The lowest BCUT2D eigenvalue weighted by Crippen LogP contribution is -2.20. The lowest BCUT2D eigenvalue weighted by Gasteiger charge is -2.17. The second-order valence-electron chi connectivity index (χ2n) is 5.09. The van der Waals surface area contributed by atoms with Gasteiger partial charge in [0, 0.05) is 24.3 Å². The number of aryl methyl sites for hydroxylation is 1. The topological polar surface area (TPSA) is 50.1 Å². The molecule has 0 radical (unpaired) electrons. The van der Waals surface area contributed by atoms with Crippen molar-refractivity contribution in [3.8, 4) is 0 Å². The number of aliphatic hydroxyl groups is 1. The minimum atomic E-state index is 0.121. The molecular formula is C16H23N3O. The molecule has 0 spiro atoms. The Morgan fingerprint density at radius 3 is 2.70 bits per heavy atom. The number of aliphatic hydroxyl groups excluding tert-OH is 1. The van der Waals surface area contributed by atoms with Crippen LogP contribution in [0.25, 0.3) is 0 Å². The summed E-state index contributed by atoms with van der Waals surface area (Å²) in [5, 5.41) is 16.7. The Labute approximate surface area is 120 Å². The Morgan fingerprint density at radius 2 is 2.05 bits per heavy atom. The lowest BCUT2D eigenvalue weighted by molar-refractivity contribution is 0.269. The number of rotatable bonds is 7. The van der Waals surface area contributed by atoms with Gasteiger partial charge < -0.3 is 10.4 Å². The number of nitrogens with one attached hydrogen (secondary N) is 1. The zero-order chi connectivity index (χ0) is 14.4. The van der Waals surface area contributed by atoms with Gasteiger partial charge in [0.2, 0.25) is 0 Å². The number of aromatic nitrogens is 2. The largest absolute Gasteiger partial charge is 0.394 e. The molecule has 2 rings (SSSR count). The highest BCUT2D eigenvalue weighted by molar-refractivity contribution is 5.24. The molecule has 0 saturated heterocycles. The summed E-state index contributed by atoms with van der Waals surface area (Å²) in [5.41, 5.74) is 3.75. The predicted molar refractivity (Wildman–Crippen MR) is 80.4 cm³/mol. The van der Waals surface area contributed by atoms with Crippen molar-refractivity contribution in [2.75, 3.05) is 6.61 Å². The quantitative estimate of drug-likeness (QED) is 0.814. The summed E-state index contributed by atoms with van der Waals surface area (Å²) in [6.07, 6.45) is 4.88. The van der Waals surface area contributed by atoms with Crippen LogP contribution < -0.4 is 5.32 Å². The molecule has 1 heterocycles. The summed E-state index contributed by atoms with van der Waals surface area (Å²) in [5.74, 6) is 0. The van der Waals surface area contributed by atoms with Crippen LogP contribution in [0, 0.1) is 6.92 Å². The van der Waals surface area contributed by atoms with E-state index < -0.39 is 0 Å². The van der Waals surface area contributed by atoms with Gasteiger partial charge in [0.1, 0.15) is 0 Å². The molecule has 20 heavy (non-hydrogen) atoms. The van der Waals surface area contributed by atoms with E-state index in [4.69, 9.17) is 5.11 Å². The Kier molecular flexibility index (Phi) is 5.32.